The third-order valence-corrected chi connectivity index (χ3v) is 3.10. The highest BCUT2D eigenvalue weighted by Crippen LogP contribution is 2.25. The molecule has 0 spiro atoms. The van der Waals surface area contributed by atoms with Crippen LogP contribution in [0.3, 0.4) is 0 Å². The summed E-state index contributed by atoms with van der Waals surface area (Å²) in [4.78, 5) is 38.3. The summed E-state index contributed by atoms with van der Waals surface area (Å²) in [5.74, 6) is -1.88. The molecule has 6 heteroatoms. The number of carbonyl (C=O) groups is 3. The average molecular weight is 261 g/mol. The Bertz CT molecular complexity index is 515. The molecule has 1 aromatic rings. The third kappa shape index (κ3) is 2.22. The number of imide groups is 2. The maximum absolute atomic E-state index is 12.3. The van der Waals surface area contributed by atoms with E-state index in [4.69, 9.17) is 5.73 Å². The summed E-state index contributed by atoms with van der Waals surface area (Å²) in [6.45, 7) is 0.215. The lowest BCUT2D eigenvalue weighted by Gasteiger charge is -2.34. The molecular formula is C13H15N3O3. The Hall–Kier alpha value is -2.21. The van der Waals surface area contributed by atoms with Gasteiger partial charge in [0.15, 0.2) is 0 Å². The van der Waals surface area contributed by atoms with E-state index in [2.05, 4.69) is 0 Å². The minimum absolute atomic E-state index is 0.215. The van der Waals surface area contributed by atoms with Crippen LogP contribution >= 0.6 is 0 Å². The van der Waals surface area contributed by atoms with Gasteiger partial charge in [-0.2, -0.15) is 0 Å². The third-order valence-electron chi connectivity index (χ3n) is 3.10. The van der Waals surface area contributed by atoms with Gasteiger partial charge in [-0.15, -0.1) is 0 Å². The second-order valence-corrected chi connectivity index (χ2v) is 4.32. The molecule has 1 atom stereocenters. The summed E-state index contributed by atoms with van der Waals surface area (Å²) >= 11 is 0. The Labute approximate surface area is 110 Å². The summed E-state index contributed by atoms with van der Waals surface area (Å²) in [5.41, 5.74) is 5.88. The van der Waals surface area contributed by atoms with Gasteiger partial charge in [-0.1, -0.05) is 18.2 Å². The lowest BCUT2D eigenvalue weighted by Crippen LogP contribution is -2.59. The molecule has 0 radical (unpaired) electrons. The minimum atomic E-state index is -0.882. The van der Waals surface area contributed by atoms with E-state index in [9.17, 15) is 14.4 Å². The fraction of sp³-hybridized carbons (Fsp3) is 0.308. The second kappa shape index (κ2) is 5.19. The molecule has 1 saturated heterocycles. The van der Waals surface area contributed by atoms with E-state index >= 15 is 0 Å². The summed E-state index contributed by atoms with van der Waals surface area (Å²) in [5, 5.41) is 0. The summed E-state index contributed by atoms with van der Waals surface area (Å²) in [6.07, 6.45) is 0.235. The minimum Gasteiger partial charge on any atom is -0.330 e. The first-order chi connectivity index (χ1) is 9.07. The zero-order valence-corrected chi connectivity index (χ0v) is 10.6. The van der Waals surface area contributed by atoms with Crippen molar-refractivity contribution in [2.24, 2.45) is 11.7 Å². The van der Waals surface area contributed by atoms with E-state index in [0.717, 1.165) is 9.80 Å². The first-order valence-electron chi connectivity index (χ1n) is 5.98. The lowest BCUT2D eigenvalue weighted by molar-refractivity contribution is -0.140. The van der Waals surface area contributed by atoms with Gasteiger partial charge in [0.05, 0.1) is 5.69 Å². The predicted molar refractivity (Wildman–Crippen MR) is 69.3 cm³/mol. The Morgan fingerprint density at radius 1 is 1.11 bits per heavy atom. The molecule has 1 fully saturated rings. The number of carbonyl (C=O) groups excluding carboxylic acids is 3. The SMILES string of the molecule is CN1C(=O)C(CCN)C(=O)N(c2ccccc2)C1=O. The largest absolute Gasteiger partial charge is 0.337 e. The van der Waals surface area contributed by atoms with Gasteiger partial charge in [-0.3, -0.25) is 14.5 Å². The predicted octanol–water partition coefficient (Wildman–Crippen LogP) is 0.577. The zero-order valence-electron chi connectivity index (χ0n) is 10.6. The molecule has 2 N–H and O–H groups in total. The Kier molecular flexibility index (Phi) is 3.62. The highest BCUT2D eigenvalue weighted by atomic mass is 16.2. The van der Waals surface area contributed by atoms with Crippen LogP contribution in [0, 0.1) is 5.92 Å². The van der Waals surface area contributed by atoms with E-state index in [1.807, 2.05) is 0 Å². The smallest absolute Gasteiger partial charge is 0.330 e. The van der Waals surface area contributed by atoms with Crippen LogP contribution in [0.15, 0.2) is 30.3 Å². The summed E-state index contributed by atoms with van der Waals surface area (Å²) < 4.78 is 0. The molecule has 0 saturated carbocycles. The van der Waals surface area contributed by atoms with E-state index in [1.54, 1.807) is 30.3 Å². The maximum atomic E-state index is 12.3. The lowest BCUT2D eigenvalue weighted by atomic mass is 9.99. The van der Waals surface area contributed by atoms with Crippen LogP contribution in [-0.4, -0.2) is 36.3 Å². The van der Waals surface area contributed by atoms with Crippen molar-refractivity contribution >= 4 is 23.5 Å². The molecule has 1 aliphatic heterocycles. The van der Waals surface area contributed by atoms with Crippen molar-refractivity contribution in [3.05, 3.63) is 30.3 Å². The number of nitrogens with zero attached hydrogens (tertiary/aromatic N) is 2. The Morgan fingerprint density at radius 3 is 2.32 bits per heavy atom. The standard InChI is InChI=1S/C13H15N3O3/c1-15-11(17)10(7-8-14)12(18)16(13(15)19)9-5-3-2-4-6-9/h2-6,10H,7-8,14H2,1H3. The topological polar surface area (TPSA) is 83.7 Å². The van der Waals surface area contributed by atoms with Crippen LogP contribution in [0.1, 0.15) is 6.42 Å². The molecule has 1 aliphatic rings. The molecule has 4 amide bonds. The van der Waals surface area contributed by atoms with Crippen LogP contribution in [-0.2, 0) is 9.59 Å². The van der Waals surface area contributed by atoms with Crippen LogP contribution < -0.4 is 10.6 Å². The van der Waals surface area contributed by atoms with Crippen molar-refractivity contribution in [2.45, 2.75) is 6.42 Å². The zero-order chi connectivity index (χ0) is 14.0. The van der Waals surface area contributed by atoms with Crippen molar-refractivity contribution in [3.8, 4) is 0 Å². The number of amides is 4. The number of hydrogen-bond donors (Lipinski definition) is 1. The number of urea groups is 1. The van der Waals surface area contributed by atoms with Gasteiger partial charge < -0.3 is 5.73 Å². The molecular weight excluding hydrogens is 246 g/mol. The molecule has 0 bridgehead atoms. The molecule has 0 aromatic heterocycles. The van der Waals surface area contributed by atoms with Crippen molar-refractivity contribution in [1.29, 1.82) is 0 Å². The molecule has 2 rings (SSSR count). The van der Waals surface area contributed by atoms with Crippen LogP contribution in [0.25, 0.3) is 0 Å². The highest BCUT2D eigenvalue weighted by Gasteiger charge is 2.44. The summed E-state index contributed by atoms with van der Waals surface area (Å²) in [6, 6.07) is 7.91. The molecule has 19 heavy (non-hydrogen) atoms. The number of nitrogens with two attached hydrogens (primary N) is 1. The molecule has 0 aliphatic carbocycles. The molecule has 1 aromatic carbocycles. The van der Waals surface area contributed by atoms with Gasteiger partial charge in [0.2, 0.25) is 11.8 Å². The van der Waals surface area contributed by atoms with Crippen LogP contribution in [0.2, 0.25) is 0 Å². The van der Waals surface area contributed by atoms with Crippen molar-refractivity contribution in [2.75, 3.05) is 18.5 Å². The molecule has 100 valence electrons. The summed E-state index contributed by atoms with van der Waals surface area (Å²) in [7, 11) is 1.37. The second-order valence-electron chi connectivity index (χ2n) is 4.32. The number of para-hydroxylation sites is 1. The fourth-order valence-corrected chi connectivity index (χ4v) is 2.06. The maximum Gasteiger partial charge on any atom is 0.337 e. The monoisotopic (exact) mass is 261 g/mol. The normalized spacial score (nSPS) is 20.1. The molecule has 6 nitrogen and oxygen atoms in total. The van der Waals surface area contributed by atoms with Crippen molar-refractivity contribution < 1.29 is 14.4 Å². The molecule has 1 unspecified atom stereocenters. The number of hydrogen-bond acceptors (Lipinski definition) is 4. The molecule has 1 heterocycles. The first kappa shape index (κ1) is 13.2. The fourth-order valence-electron chi connectivity index (χ4n) is 2.06. The van der Waals surface area contributed by atoms with Gasteiger partial charge >= 0.3 is 6.03 Å². The van der Waals surface area contributed by atoms with Crippen molar-refractivity contribution in [3.63, 3.8) is 0 Å². The van der Waals surface area contributed by atoms with Crippen LogP contribution in [0.5, 0.6) is 0 Å². The first-order valence-corrected chi connectivity index (χ1v) is 5.98. The van der Waals surface area contributed by atoms with E-state index in [1.165, 1.54) is 7.05 Å². The van der Waals surface area contributed by atoms with E-state index in [-0.39, 0.29) is 13.0 Å². The van der Waals surface area contributed by atoms with Gasteiger partial charge in [0.25, 0.3) is 0 Å². The van der Waals surface area contributed by atoms with Crippen molar-refractivity contribution in [1.82, 2.24) is 4.90 Å². The Balaban J connectivity index is 2.40. The quantitative estimate of drug-likeness (QED) is 0.806. The number of anilines is 1. The number of benzene rings is 1. The van der Waals surface area contributed by atoms with Crippen LogP contribution in [0.4, 0.5) is 10.5 Å². The highest BCUT2D eigenvalue weighted by molar-refractivity contribution is 6.27. The average Bonchev–Trinajstić information content (AvgIpc) is 2.43. The van der Waals surface area contributed by atoms with Gasteiger partial charge in [0, 0.05) is 7.05 Å². The van der Waals surface area contributed by atoms with E-state index in [0.29, 0.717) is 5.69 Å². The van der Waals surface area contributed by atoms with Gasteiger partial charge in [-0.05, 0) is 25.1 Å². The number of rotatable bonds is 3. The van der Waals surface area contributed by atoms with Gasteiger partial charge in [0.1, 0.15) is 5.92 Å². The van der Waals surface area contributed by atoms with Gasteiger partial charge in [-0.25, -0.2) is 9.69 Å². The Morgan fingerprint density at radius 2 is 1.74 bits per heavy atom. The number of barbiturate groups is 1. The van der Waals surface area contributed by atoms with E-state index < -0.39 is 23.8 Å².